The van der Waals surface area contributed by atoms with Crippen LogP contribution in [0.4, 0.5) is 0 Å². The van der Waals surface area contributed by atoms with Gasteiger partial charge in [-0.3, -0.25) is 0 Å². The predicted molar refractivity (Wildman–Crippen MR) is 61.8 cm³/mol. The molecular weight excluding hydrogens is 194 g/mol. The molecule has 3 heteroatoms. The van der Waals surface area contributed by atoms with Crippen molar-refractivity contribution in [3.63, 3.8) is 0 Å². The Balaban J connectivity index is 2.33. The molecule has 1 aromatic heterocycles. The van der Waals surface area contributed by atoms with Crippen LogP contribution in [0.2, 0.25) is 0 Å². The minimum absolute atomic E-state index is 0.580. The number of hydrogen-bond acceptors (Lipinski definition) is 3. The minimum Gasteiger partial charge on any atom is -0.390 e. The van der Waals surface area contributed by atoms with Gasteiger partial charge in [0.05, 0.1) is 5.60 Å². The maximum atomic E-state index is 10.1. The van der Waals surface area contributed by atoms with Gasteiger partial charge in [-0.2, -0.15) is 11.3 Å². The first-order valence-corrected chi connectivity index (χ1v) is 6.02. The van der Waals surface area contributed by atoms with Crippen molar-refractivity contribution in [2.45, 2.75) is 32.3 Å². The summed E-state index contributed by atoms with van der Waals surface area (Å²) in [5, 5.41) is 17.5. The molecule has 1 unspecified atom stereocenters. The Labute approximate surface area is 90.0 Å². The molecular formula is C11H19NOS. The van der Waals surface area contributed by atoms with E-state index in [0.29, 0.717) is 0 Å². The third-order valence-corrected chi connectivity index (χ3v) is 2.99. The average Bonchev–Trinajstić information content (AvgIpc) is 2.56. The van der Waals surface area contributed by atoms with Gasteiger partial charge in [0.1, 0.15) is 0 Å². The fourth-order valence-electron chi connectivity index (χ4n) is 1.46. The number of rotatable bonds is 6. The summed E-state index contributed by atoms with van der Waals surface area (Å²) in [6.45, 7) is 5.83. The Bertz CT molecular complexity index is 244. The molecule has 0 spiro atoms. The van der Waals surface area contributed by atoms with Crippen LogP contribution < -0.4 is 5.32 Å². The highest BCUT2D eigenvalue weighted by atomic mass is 32.1. The lowest BCUT2D eigenvalue weighted by atomic mass is 9.95. The monoisotopic (exact) mass is 213 g/mol. The van der Waals surface area contributed by atoms with Gasteiger partial charge in [0.2, 0.25) is 0 Å². The molecule has 2 N–H and O–H groups in total. The van der Waals surface area contributed by atoms with Crippen LogP contribution in [0.1, 0.15) is 25.8 Å². The van der Waals surface area contributed by atoms with Crippen LogP contribution in [-0.2, 0) is 6.42 Å². The van der Waals surface area contributed by atoms with Gasteiger partial charge >= 0.3 is 0 Å². The molecule has 0 aliphatic carbocycles. The SMILES string of the molecule is CCNCCC(C)(O)Cc1ccsc1. The Morgan fingerprint density at radius 1 is 1.57 bits per heavy atom. The van der Waals surface area contributed by atoms with E-state index in [-0.39, 0.29) is 0 Å². The first-order chi connectivity index (χ1) is 6.64. The second-order valence-corrected chi connectivity index (χ2v) is 4.69. The Hall–Kier alpha value is -0.380. The van der Waals surface area contributed by atoms with E-state index in [0.717, 1.165) is 25.9 Å². The number of hydrogen-bond donors (Lipinski definition) is 2. The number of thiophene rings is 1. The molecule has 14 heavy (non-hydrogen) atoms. The largest absolute Gasteiger partial charge is 0.390 e. The highest BCUT2D eigenvalue weighted by Crippen LogP contribution is 2.18. The predicted octanol–water partition coefficient (Wildman–Crippen LogP) is 2.04. The van der Waals surface area contributed by atoms with Gasteiger partial charge in [-0.1, -0.05) is 6.92 Å². The lowest BCUT2D eigenvalue weighted by Gasteiger charge is -2.22. The van der Waals surface area contributed by atoms with E-state index in [1.54, 1.807) is 11.3 Å². The van der Waals surface area contributed by atoms with Crippen molar-refractivity contribution >= 4 is 11.3 Å². The normalized spacial score (nSPS) is 15.4. The Morgan fingerprint density at radius 2 is 2.36 bits per heavy atom. The van der Waals surface area contributed by atoms with Crippen molar-refractivity contribution in [1.29, 1.82) is 0 Å². The van der Waals surface area contributed by atoms with E-state index in [1.165, 1.54) is 5.56 Å². The first kappa shape index (κ1) is 11.7. The third-order valence-electron chi connectivity index (χ3n) is 2.26. The topological polar surface area (TPSA) is 32.3 Å². The van der Waals surface area contributed by atoms with Crippen molar-refractivity contribution in [2.24, 2.45) is 0 Å². The van der Waals surface area contributed by atoms with E-state index in [4.69, 9.17) is 0 Å². The molecule has 1 rings (SSSR count). The molecule has 0 fully saturated rings. The van der Waals surface area contributed by atoms with Gasteiger partial charge in [-0.05, 0) is 48.8 Å². The number of aliphatic hydroxyl groups is 1. The Kier molecular flexibility index (Phi) is 4.58. The van der Waals surface area contributed by atoms with Gasteiger partial charge in [0, 0.05) is 6.42 Å². The zero-order valence-electron chi connectivity index (χ0n) is 8.92. The van der Waals surface area contributed by atoms with Crippen LogP contribution in [0.25, 0.3) is 0 Å². The molecule has 1 atom stereocenters. The minimum atomic E-state index is -0.580. The molecule has 80 valence electrons. The molecule has 0 aliphatic rings. The third kappa shape index (κ3) is 4.22. The van der Waals surface area contributed by atoms with E-state index in [9.17, 15) is 5.11 Å². The molecule has 0 aromatic carbocycles. The summed E-state index contributed by atoms with van der Waals surface area (Å²) in [5.74, 6) is 0. The first-order valence-electron chi connectivity index (χ1n) is 5.08. The second kappa shape index (κ2) is 5.49. The standard InChI is InChI=1S/C11H19NOS/c1-3-12-6-5-11(2,13)8-10-4-7-14-9-10/h4,7,9,12-13H,3,5-6,8H2,1-2H3. The smallest absolute Gasteiger partial charge is 0.0672 e. The van der Waals surface area contributed by atoms with Crippen molar-refractivity contribution in [2.75, 3.05) is 13.1 Å². The summed E-state index contributed by atoms with van der Waals surface area (Å²) in [7, 11) is 0. The summed E-state index contributed by atoms with van der Waals surface area (Å²) in [4.78, 5) is 0. The lowest BCUT2D eigenvalue weighted by molar-refractivity contribution is 0.0518. The highest BCUT2D eigenvalue weighted by Gasteiger charge is 2.20. The van der Waals surface area contributed by atoms with Gasteiger partial charge in [-0.25, -0.2) is 0 Å². The summed E-state index contributed by atoms with van der Waals surface area (Å²) >= 11 is 1.68. The average molecular weight is 213 g/mol. The van der Waals surface area contributed by atoms with Gasteiger partial charge in [0.15, 0.2) is 0 Å². The van der Waals surface area contributed by atoms with Crippen molar-refractivity contribution in [3.05, 3.63) is 22.4 Å². The fourth-order valence-corrected chi connectivity index (χ4v) is 2.12. The maximum absolute atomic E-state index is 10.1. The molecule has 0 amide bonds. The van der Waals surface area contributed by atoms with Gasteiger partial charge in [0.25, 0.3) is 0 Å². The number of nitrogens with one attached hydrogen (secondary N) is 1. The van der Waals surface area contributed by atoms with Crippen LogP contribution in [0.15, 0.2) is 16.8 Å². The summed E-state index contributed by atoms with van der Waals surface area (Å²) < 4.78 is 0. The molecule has 1 heterocycles. The zero-order valence-corrected chi connectivity index (χ0v) is 9.73. The molecule has 0 radical (unpaired) electrons. The zero-order chi connectivity index (χ0) is 10.4. The molecule has 0 bridgehead atoms. The van der Waals surface area contributed by atoms with E-state index >= 15 is 0 Å². The lowest BCUT2D eigenvalue weighted by Crippen LogP contribution is -2.32. The quantitative estimate of drug-likeness (QED) is 0.709. The summed E-state index contributed by atoms with van der Waals surface area (Å²) in [5.41, 5.74) is 0.653. The van der Waals surface area contributed by atoms with Crippen LogP contribution in [0.3, 0.4) is 0 Å². The van der Waals surface area contributed by atoms with E-state index in [2.05, 4.69) is 29.1 Å². The van der Waals surface area contributed by atoms with Crippen LogP contribution in [0, 0.1) is 0 Å². The van der Waals surface area contributed by atoms with Crippen LogP contribution in [-0.4, -0.2) is 23.8 Å². The van der Waals surface area contributed by atoms with Gasteiger partial charge < -0.3 is 10.4 Å². The fraction of sp³-hybridized carbons (Fsp3) is 0.636. The Morgan fingerprint density at radius 3 is 2.93 bits per heavy atom. The molecule has 1 aromatic rings. The van der Waals surface area contributed by atoms with E-state index < -0.39 is 5.60 Å². The summed E-state index contributed by atoms with van der Waals surface area (Å²) in [6.07, 6.45) is 1.55. The molecule has 0 saturated heterocycles. The second-order valence-electron chi connectivity index (χ2n) is 3.91. The molecule has 2 nitrogen and oxygen atoms in total. The van der Waals surface area contributed by atoms with Crippen molar-refractivity contribution in [3.8, 4) is 0 Å². The molecule has 0 saturated carbocycles. The van der Waals surface area contributed by atoms with Gasteiger partial charge in [-0.15, -0.1) is 0 Å². The van der Waals surface area contributed by atoms with Crippen molar-refractivity contribution < 1.29 is 5.11 Å². The maximum Gasteiger partial charge on any atom is 0.0672 e. The summed E-state index contributed by atoms with van der Waals surface area (Å²) in [6, 6.07) is 2.08. The van der Waals surface area contributed by atoms with Crippen molar-refractivity contribution in [1.82, 2.24) is 5.32 Å². The molecule has 0 aliphatic heterocycles. The highest BCUT2D eigenvalue weighted by molar-refractivity contribution is 7.07. The van der Waals surface area contributed by atoms with Crippen LogP contribution >= 0.6 is 11.3 Å². The van der Waals surface area contributed by atoms with E-state index in [1.807, 2.05) is 6.92 Å². The van der Waals surface area contributed by atoms with Crippen LogP contribution in [0.5, 0.6) is 0 Å².